The number of guanidine groups is 1. The van der Waals surface area contributed by atoms with Gasteiger partial charge in [-0.3, -0.25) is 4.99 Å². The maximum Gasteiger partial charge on any atom is 0.410 e. The molecule has 136 valence electrons. The second-order valence-corrected chi connectivity index (χ2v) is 6.70. The van der Waals surface area contributed by atoms with Crippen molar-refractivity contribution in [1.82, 2.24) is 15.5 Å². The monoisotopic (exact) mass is 440 g/mol. The number of rotatable bonds is 4. The molecule has 1 heterocycles. The Morgan fingerprint density at radius 3 is 2.57 bits per heavy atom. The Kier molecular flexibility index (Phi) is 10.6. The van der Waals surface area contributed by atoms with Gasteiger partial charge in [0, 0.05) is 26.7 Å². The summed E-state index contributed by atoms with van der Waals surface area (Å²) in [5.74, 6) is 0.788. The highest BCUT2D eigenvalue weighted by Gasteiger charge is 2.30. The van der Waals surface area contributed by atoms with Crippen molar-refractivity contribution in [2.45, 2.75) is 65.0 Å². The van der Waals surface area contributed by atoms with Gasteiger partial charge in [0.25, 0.3) is 0 Å². The molecule has 0 aromatic heterocycles. The summed E-state index contributed by atoms with van der Waals surface area (Å²) in [6.07, 6.45) is 4.02. The molecule has 6 nitrogen and oxygen atoms in total. The first-order valence-electron chi connectivity index (χ1n) is 8.31. The summed E-state index contributed by atoms with van der Waals surface area (Å²) in [5.41, 5.74) is -0.453. The van der Waals surface area contributed by atoms with E-state index in [0.717, 1.165) is 44.7 Å². The van der Waals surface area contributed by atoms with Crippen molar-refractivity contribution in [1.29, 1.82) is 0 Å². The van der Waals surface area contributed by atoms with Gasteiger partial charge in [0.2, 0.25) is 0 Å². The van der Waals surface area contributed by atoms with Crippen LogP contribution in [0.5, 0.6) is 0 Å². The fourth-order valence-corrected chi connectivity index (χ4v) is 2.45. The normalized spacial score (nSPS) is 18.9. The highest BCUT2D eigenvalue weighted by Crippen LogP contribution is 2.20. The summed E-state index contributed by atoms with van der Waals surface area (Å²) in [6.45, 7) is 10.2. The maximum atomic E-state index is 12.3. The Hall–Kier alpha value is -0.730. The SMILES string of the molecule is CCCNC(=NC)NCC1CCCCN1C(=O)OC(C)(C)C.I. The number of aliphatic imine (C=N–C) groups is 1. The van der Waals surface area contributed by atoms with E-state index in [0.29, 0.717) is 6.54 Å². The predicted octanol–water partition coefficient (Wildman–Crippen LogP) is 2.97. The van der Waals surface area contributed by atoms with Crippen molar-refractivity contribution in [2.75, 3.05) is 26.7 Å². The van der Waals surface area contributed by atoms with E-state index >= 15 is 0 Å². The minimum absolute atomic E-state index is 0. The van der Waals surface area contributed by atoms with E-state index in [1.165, 1.54) is 0 Å². The van der Waals surface area contributed by atoms with Crippen LogP contribution >= 0.6 is 24.0 Å². The lowest BCUT2D eigenvalue weighted by Crippen LogP contribution is -2.52. The highest BCUT2D eigenvalue weighted by molar-refractivity contribution is 14.0. The average Bonchev–Trinajstić information content (AvgIpc) is 2.46. The van der Waals surface area contributed by atoms with Crippen LogP contribution in [-0.4, -0.2) is 55.3 Å². The lowest BCUT2D eigenvalue weighted by Gasteiger charge is -2.37. The number of nitrogens with one attached hydrogen (secondary N) is 2. The average molecular weight is 440 g/mol. The van der Waals surface area contributed by atoms with E-state index in [4.69, 9.17) is 4.74 Å². The molecular formula is C16H33IN4O2. The summed E-state index contributed by atoms with van der Waals surface area (Å²) >= 11 is 0. The van der Waals surface area contributed by atoms with Crippen molar-refractivity contribution in [3.05, 3.63) is 0 Å². The Balaban J connectivity index is 0.00000484. The van der Waals surface area contributed by atoms with E-state index in [1.807, 2.05) is 25.7 Å². The molecule has 1 unspecified atom stereocenters. The molecule has 0 aliphatic carbocycles. The number of carbonyl (C=O) groups is 1. The predicted molar refractivity (Wildman–Crippen MR) is 106 cm³/mol. The number of ether oxygens (including phenoxy) is 1. The minimum atomic E-state index is -0.453. The molecule has 1 fully saturated rings. The molecule has 1 amide bonds. The molecule has 1 atom stereocenters. The summed E-state index contributed by atoms with van der Waals surface area (Å²) < 4.78 is 5.52. The van der Waals surface area contributed by atoms with Crippen molar-refractivity contribution >= 4 is 36.0 Å². The summed E-state index contributed by atoms with van der Waals surface area (Å²) in [7, 11) is 1.76. The first kappa shape index (κ1) is 22.3. The molecular weight excluding hydrogens is 407 g/mol. The Morgan fingerprint density at radius 1 is 1.30 bits per heavy atom. The number of likely N-dealkylation sites (tertiary alicyclic amines) is 1. The van der Waals surface area contributed by atoms with E-state index in [1.54, 1.807) is 7.05 Å². The quantitative estimate of drug-likeness (QED) is 0.401. The fourth-order valence-electron chi connectivity index (χ4n) is 2.45. The fraction of sp³-hybridized carbons (Fsp3) is 0.875. The molecule has 0 saturated carbocycles. The molecule has 2 N–H and O–H groups in total. The van der Waals surface area contributed by atoms with Crippen LogP contribution in [0.25, 0.3) is 0 Å². The van der Waals surface area contributed by atoms with Gasteiger partial charge in [0.05, 0.1) is 6.04 Å². The second kappa shape index (κ2) is 10.9. The number of carbonyl (C=O) groups excluding carboxylic acids is 1. The molecule has 1 saturated heterocycles. The minimum Gasteiger partial charge on any atom is -0.444 e. The third kappa shape index (κ3) is 8.62. The van der Waals surface area contributed by atoms with Gasteiger partial charge in [-0.05, 0) is 46.5 Å². The van der Waals surface area contributed by atoms with Gasteiger partial charge >= 0.3 is 6.09 Å². The summed E-state index contributed by atoms with van der Waals surface area (Å²) in [5, 5.41) is 6.56. The molecule has 0 aromatic carbocycles. The molecule has 0 aromatic rings. The number of piperidine rings is 1. The van der Waals surface area contributed by atoms with Crippen LogP contribution in [0.3, 0.4) is 0 Å². The smallest absolute Gasteiger partial charge is 0.410 e. The van der Waals surface area contributed by atoms with Crippen molar-refractivity contribution in [2.24, 2.45) is 4.99 Å². The van der Waals surface area contributed by atoms with Gasteiger partial charge in [0.1, 0.15) is 5.60 Å². The van der Waals surface area contributed by atoms with Crippen molar-refractivity contribution in [3.8, 4) is 0 Å². The topological polar surface area (TPSA) is 66.0 Å². The molecule has 0 radical (unpaired) electrons. The van der Waals surface area contributed by atoms with Crippen LogP contribution in [-0.2, 0) is 4.74 Å². The number of hydrogen-bond donors (Lipinski definition) is 2. The van der Waals surface area contributed by atoms with Gasteiger partial charge in [-0.1, -0.05) is 6.92 Å². The summed E-state index contributed by atoms with van der Waals surface area (Å²) in [6, 6.07) is 0.156. The Bertz CT molecular complexity index is 383. The maximum absolute atomic E-state index is 12.3. The second-order valence-electron chi connectivity index (χ2n) is 6.70. The van der Waals surface area contributed by atoms with Crippen LogP contribution in [0.4, 0.5) is 4.79 Å². The number of hydrogen-bond acceptors (Lipinski definition) is 3. The van der Waals surface area contributed by atoms with Gasteiger partial charge in [-0.15, -0.1) is 24.0 Å². The number of amides is 1. The van der Waals surface area contributed by atoms with E-state index in [2.05, 4.69) is 22.5 Å². The van der Waals surface area contributed by atoms with E-state index < -0.39 is 5.60 Å². The molecule has 1 rings (SSSR count). The first-order valence-corrected chi connectivity index (χ1v) is 8.31. The summed E-state index contributed by atoms with van der Waals surface area (Å²) in [4.78, 5) is 18.4. The molecule has 0 spiro atoms. The Labute approximate surface area is 157 Å². The third-order valence-electron chi connectivity index (χ3n) is 3.53. The number of nitrogens with zero attached hydrogens (tertiary/aromatic N) is 2. The van der Waals surface area contributed by atoms with Crippen LogP contribution in [0.2, 0.25) is 0 Å². The van der Waals surface area contributed by atoms with Gasteiger partial charge in [-0.2, -0.15) is 0 Å². The zero-order chi connectivity index (χ0) is 16.6. The van der Waals surface area contributed by atoms with Crippen molar-refractivity contribution in [3.63, 3.8) is 0 Å². The molecule has 1 aliphatic heterocycles. The zero-order valence-corrected chi connectivity index (χ0v) is 17.5. The largest absolute Gasteiger partial charge is 0.444 e. The lowest BCUT2D eigenvalue weighted by molar-refractivity contribution is 0.0104. The lowest BCUT2D eigenvalue weighted by atomic mass is 10.0. The van der Waals surface area contributed by atoms with E-state index in [-0.39, 0.29) is 36.1 Å². The van der Waals surface area contributed by atoms with Gasteiger partial charge < -0.3 is 20.3 Å². The first-order chi connectivity index (χ1) is 10.4. The van der Waals surface area contributed by atoms with Crippen LogP contribution in [0.15, 0.2) is 4.99 Å². The van der Waals surface area contributed by atoms with Crippen LogP contribution in [0, 0.1) is 0 Å². The third-order valence-corrected chi connectivity index (χ3v) is 3.53. The van der Waals surface area contributed by atoms with Gasteiger partial charge in [0.15, 0.2) is 5.96 Å². The zero-order valence-electron chi connectivity index (χ0n) is 15.1. The van der Waals surface area contributed by atoms with E-state index in [9.17, 15) is 4.79 Å². The van der Waals surface area contributed by atoms with Crippen LogP contribution < -0.4 is 10.6 Å². The molecule has 0 bridgehead atoms. The molecule has 7 heteroatoms. The Morgan fingerprint density at radius 2 is 2.00 bits per heavy atom. The highest BCUT2D eigenvalue weighted by atomic mass is 127. The molecule has 1 aliphatic rings. The van der Waals surface area contributed by atoms with Crippen molar-refractivity contribution < 1.29 is 9.53 Å². The number of halogens is 1. The standard InChI is InChI=1S/C16H32N4O2.HI/c1-6-10-18-14(17-5)19-12-13-9-7-8-11-20(13)15(21)22-16(2,3)4;/h13H,6-12H2,1-5H3,(H2,17,18,19);1H. The van der Waals surface area contributed by atoms with Gasteiger partial charge in [-0.25, -0.2) is 4.79 Å². The molecule has 23 heavy (non-hydrogen) atoms. The van der Waals surface area contributed by atoms with Crippen LogP contribution in [0.1, 0.15) is 53.4 Å².